The molecule has 0 atom stereocenters. The highest BCUT2D eigenvalue weighted by atomic mass is 35.5. The summed E-state index contributed by atoms with van der Waals surface area (Å²) in [5.74, 6) is 1.92. The van der Waals surface area contributed by atoms with Crippen molar-refractivity contribution in [2.24, 2.45) is 0 Å². The number of imidazole rings is 1. The van der Waals surface area contributed by atoms with Gasteiger partial charge in [0.05, 0.1) is 17.6 Å². The molecule has 3 rings (SSSR count). The van der Waals surface area contributed by atoms with Crippen LogP contribution in [0.25, 0.3) is 11.0 Å². The molecule has 0 fully saturated rings. The molecule has 2 aromatic carbocycles. The van der Waals surface area contributed by atoms with Crippen LogP contribution in [-0.2, 0) is 17.9 Å². The first kappa shape index (κ1) is 19.3. The number of hydrogen-bond donors (Lipinski definition) is 0. The van der Waals surface area contributed by atoms with Gasteiger partial charge in [-0.15, -0.1) is 12.4 Å². The number of aromatic nitrogens is 2. The van der Waals surface area contributed by atoms with E-state index in [1.54, 1.807) is 7.11 Å². The predicted octanol–water partition coefficient (Wildman–Crippen LogP) is 4.77. The Bertz CT molecular complexity index is 784. The van der Waals surface area contributed by atoms with E-state index in [0.717, 1.165) is 43.1 Å². The fourth-order valence-corrected chi connectivity index (χ4v) is 2.81. The Morgan fingerprint density at radius 3 is 2.52 bits per heavy atom. The highest BCUT2D eigenvalue weighted by Gasteiger charge is 2.09. The molecule has 4 nitrogen and oxygen atoms in total. The fraction of sp³-hybridized carbons (Fsp3) is 0.350. The topological polar surface area (TPSA) is 36.3 Å². The van der Waals surface area contributed by atoms with E-state index in [1.165, 1.54) is 11.1 Å². The van der Waals surface area contributed by atoms with E-state index in [4.69, 9.17) is 9.47 Å². The third kappa shape index (κ3) is 4.97. The summed E-state index contributed by atoms with van der Waals surface area (Å²) in [5.41, 5.74) is 3.45. The zero-order valence-corrected chi connectivity index (χ0v) is 15.6. The molecule has 0 saturated heterocycles. The largest absolute Gasteiger partial charge is 0.494 e. The molecule has 0 bridgehead atoms. The van der Waals surface area contributed by atoms with Gasteiger partial charge in [-0.3, -0.25) is 0 Å². The maximum atomic E-state index is 5.80. The Kier molecular flexibility index (Phi) is 7.29. The van der Waals surface area contributed by atoms with Crippen molar-refractivity contribution in [3.8, 4) is 5.75 Å². The summed E-state index contributed by atoms with van der Waals surface area (Å²) in [4.78, 5) is 4.66. The maximum absolute atomic E-state index is 5.80. The highest BCUT2D eigenvalue weighted by molar-refractivity contribution is 5.85. The lowest BCUT2D eigenvalue weighted by molar-refractivity contribution is 0.174. The van der Waals surface area contributed by atoms with Crippen molar-refractivity contribution in [2.75, 3.05) is 13.7 Å². The van der Waals surface area contributed by atoms with Crippen LogP contribution in [0.15, 0.2) is 48.5 Å². The molecule has 5 heteroatoms. The summed E-state index contributed by atoms with van der Waals surface area (Å²) in [6, 6.07) is 16.4. The summed E-state index contributed by atoms with van der Waals surface area (Å²) >= 11 is 0. The predicted molar refractivity (Wildman–Crippen MR) is 104 cm³/mol. The zero-order valence-electron chi connectivity index (χ0n) is 14.8. The Labute approximate surface area is 155 Å². The van der Waals surface area contributed by atoms with Crippen molar-refractivity contribution in [3.05, 3.63) is 59.9 Å². The van der Waals surface area contributed by atoms with E-state index in [-0.39, 0.29) is 12.4 Å². The summed E-state index contributed by atoms with van der Waals surface area (Å²) in [6.07, 6.45) is 2.05. The van der Waals surface area contributed by atoms with E-state index < -0.39 is 0 Å². The number of ether oxygens (including phenoxy) is 2. The number of halogens is 1. The molecule has 1 heterocycles. The number of benzene rings is 2. The fourth-order valence-electron chi connectivity index (χ4n) is 2.81. The van der Waals surface area contributed by atoms with Crippen LogP contribution >= 0.6 is 12.4 Å². The average molecular weight is 361 g/mol. The monoisotopic (exact) mass is 360 g/mol. The Morgan fingerprint density at radius 2 is 1.76 bits per heavy atom. The van der Waals surface area contributed by atoms with Crippen molar-refractivity contribution in [1.82, 2.24) is 9.55 Å². The van der Waals surface area contributed by atoms with Gasteiger partial charge in [0.1, 0.15) is 18.2 Å². The number of para-hydroxylation sites is 2. The second-order valence-corrected chi connectivity index (χ2v) is 5.97. The van der Waals surface area contributed by atoms with Crippen LogP contribution in [0.5, 0.6) is 5.75 Å². The summed E-state index contributed by atoms with van der Waals surface area (Å²) in [5, 5.41) is 0. The van der Waals surface area contributed by atoms with Crippen molar-refractivity contribution < 1.29 is 9.47 Å². The molecular formula is C20H25ClN2O2. The number of hydrogen-bond acceptors (Lipinski definition) is 3. The molecule has 0 aliphatic carbocycles. The molecule has 0 N–H and O–H groups in total. The minimum absolute atomic E-state index is 0. The smallest absolute Gasteiger partial charge is 0.135 e. The highest BCUT2D eigenvalue weighted by Crippen LogP contribution is 2.18. The first-order valence-electron chi connectivity index (χ1n) is 8.40. The van der Waals surface area contributed by atoms with Gasteiger partial charge < -0.3 is 14.0 Å². The van der Waals surface area contributed by atoms with E-state index in [1.807, 2.05) is 24.3 Å². The summed E-state index contributed by atoms with van der Waals surface area (Å²) < 4.78 is 13.3. The number of methoxy groups -OCH3 is 1. The van der Waals surface area contributed by atoms with Crippen LogP contribution in [-0.4, -0.2) is 23.3 Å². The first-order valence-corrected chi connectivity index (χ1v) is 8.40. The minimum atomic E-state index is 0. The zero-order chi connectivity index (χ0) is 16.8. The van der Waals surface area contributed by atoms with Crippen molar-refractivity contribution in [1.29, 1.82) is 0 Å². The third-order valence-electron chi connectivity index (χ3n) is 4.07. The van der Waals surface area contributed by atoms with E-state index >= 15 is 0 Å². The van der Waals surface area contributed by atoms with E-state index in [2.05, 4.69) is 40.7 Å². The molecule has 0 saturated carbocycles. The molecule has 0 aliphatic rings. The van der Waals surface area contributed by atoms with Gasteiger partial charge in [-0.2, -0.15) is 0 Å². The summed E-state index contributed by atoms with van der Waals surface area (Å²) in [6.45, 7) is 4.27. The Morgan fingerprint density at radius 1 is 1.00 bits per heavy atom. The van der Waals surface area contributed by atoms with E-state index in [9.17, 15) is 0 Å². The van der Waals surface area contributed by atoms with E-state index in [0.29, 0.717) is 6.61 Å². The molecule has 0 aliphatic heterocycles. The van der Waals surface area contributed by atoms with Gasteiger partial charge in [-0.05, 0) is 44.0 Å². The normalized spacial score (nSPS) is 10.6. The summed E-state index contributed by atoms with van der Waals surface area (Å²) in [7, 11) is 1.71. The van der Waals surface area contributed by atoms with Gasteiger partial charge >= 0.3 is 0 Å². The molecule has 0 amide bonds. The quantitative estimate of drug-likeness (QED) is 0.543. The number of unbranched alkanes of at least 4 members (excludes halogenated alkanes) is 1. The second-order valence-electron chi connectivity index (χ2n) is 5.97. The molecular weight excluding hydrogens is 336 g/mol. The molecule has 0 spiro atoms. The van der Waals surface area contributed by atoms with Gasteiger partial charge in [0, 0.05) is 13.7 Å². The average Bonchev–Trinajstić information content (AvgIpc) is 2.94. The van der Waals surface area contributed by atoms with Gasteiger partial charge in [0.15, 0.2) is 0 Å². The molecule has 0 radical (unpaired) electrons. The standard InChI is InChI=1S/C20H24N2O2.ClH/c1-16-9-11-17(12-10-16)24-14-6-5-13-22-19-8-4-3-7-18(19)21-20(22)15-23-2;/h3-4,7-12H,5-6,13-15H2,1-2H3;1H. The lowest BCUT2D eigenvalue weighted by atomic mass is 10.2. The van der Waals surface area contributed by atoms with Crippen LogP contribution in [0.2, 0.25) is 0 Å². The molecule has 3 aromatic rings. The Hall–Kier alpha value is -2.04. The second kappa shape index (κ2) is 9.44. The lowest BCUT2D eigenvalue weighted by Crippen LogP contribution is -2.07. The molecule has 134 valence electrons. The number of aryl methyl sites for hydroxylation is 2. The molecule has 25 heavy (non-hydrogen) atoms. The van der Waals surface area contributed by atoms with Crippen LogP contribution in [0.4, 0.5) is 0 Å². The van der Waals surface area contributed by atoms with Crippen LogP contribution in [0.1, 0.15) is 24.2 Å². The lowest BCUT2D eigenvalue weighted by Gasteiger charge is -2.10. The third-order valence-corrected chi connectivity index (χ3v) is 4.07. The van der Waals surface area contributed by atoms with Crippen LogP contribution in [0, 0.1) is 6.92 Å². The van der Waals surface area contributed by atoms with Crippen molar-refractivity contribution in [3.63, 3.8) is 0 Å². The van der Waals surface area contributed by atoms with Gasteiger partial charge in [0.2, 0.25) is 0 Å². The van der Waals surface area contributed by atoms with Gasteiger partial charge in [-0.1, -0.05) is 29.8 Å². The van der Waals surface area contributed by atoms with Crippen LogP contribution < -0.4 is 4.74 Å². The SMILES string of the molecule is COCc1nc2ccccc2n1CCCCOc1ccc(C)cc1.Cl. The van der Waals surface area contributed by atoms with Crippen molar-refractivity contribution in [2.45, 2.75) is 32.9 Å². The molecule has 0 unspecified atom stereocenters. The minimum Gasteiger partial charge on any atom is -0.494 e. The number of rotatable bonds is 8. The van der Waals surface area contributed by atoms with Crippen molar-refractivity contribution >= 4 is 23.4 Å². The van der Waals surface area contributed by atoms with Gasteiger partial charge in [0.25, 0.3) is 0 Å². The maximum Gasteiger partial charge on any atom is 0.135 e. The van der Waals surface area contributed by atoms with Crippen LogP contribution in [0.3, 0.4) is 0 Å². The molecule has 1 aromatic heterocycles. The number of fused-ring (bicyclic) bond motifs is 1. The number of nitrogens with zero attached hydrogens (tertiary/aromatic N) is 2. The Balaban J connectivity index is 0.00000225. The van der Waals surface area contributed by atoms with Gasteiger partial charge in [-0.25, -0.2) is 4.98 Å². The first-order chi connectivity index (χ1) is 11.8.